The van der Waals surface area contributed by atoms with E-state index in [4.69, 9.17) is 65.4 Å². The minimum atomic E-state index is -0.784. The zero-order valence-electron chi connectivity index (χ0n) is 26.1. The van der Waals surface area contributed by atoms with Crippen LogP contribution in [0.5, 0.6) is 11.5 Å². The first-order chi connectivity index (χ1) is 23.1. The van der Waals surface area contributed by atoms with E-state index < -0.39 is 36.6 Å². The third-order valence-corrected chi connectivity index (χ3v) is 8.13. The molecule has 12 heteroatoms. The quantitative estimate of drug-likeness (QED) is 0.0671. The molecule has 0 spiro atoms. The zero-order chi connectivity index (χ0) is 34.5. The van der Waals surface area contributed by atoms with E-state index in [9.17, 15) is 9.59 Å². The van der Waals surface area contributed by atoms with Crippen LogP contribution >= 0.6 is 46.4 Å². The normalized spacial score (nSPS) is 13.7. The van der Waals surface area contributed by atoms with Crippen molar-refractivity contribution in [3.8, 4) is 11.5 Å². The molecule has 8 nitrogen and oxygen atoms in total. The Hall–Kier alpha value is -3.76. The molecule has 0 aliphatic heterocycles. The van der Waals surface area contributed by atoms with E-state index in [0.717, 1.165) is 23.3 Å². The van der Waals surface area contributed by atoms with Gasteiger partial charge in [0.2, 0.25) is 0 Å². The van der Waals surface area contributed by atoms with Gasteiger partial charge in [-0.1, -0.05) is 107 Å². The van der Waals surface area contributed by atoms with Crippen molar-refractivity contribution in [2.24, 2.45) is 0 Å². The van der Waals surface area contributed by atoms with E-state index in [0.29, 0.717) is 31.6 Å². The molecule has 0 amide bonds. The van der Waals surface area contributed by atoms with E-state index in [1.807, 2.05) is 60.7 Å². The number of nitrogens with one attached hydrogen (secondary N) is 2. The number of benzene rings is 4. The lowest BCUT2D eigenvalue weighted by molar-refractivity contribution is -0.148. The number of carbonyl (C=O) groups excluding carboxylic acids is 2. The Labute approximate surface area is 299 Å². The summed E-state index contributed by atoms with van der Waals surface area (Å²) < 4.78 is 23.6. The fourth-order valence-corrected chi connectivity index (χ4v) is 5.26. The predicted molar refractivity (Wildman–Crippen MR) is 189 cm³/mol. The van der Waals surface area contributed by atoms with Crippen molar-refractivity contribution in [3.05, 3.63) is 140 Å². The fraction of sp³-hybridized carbons (Fsp3) is 0.222. The summed E-state index contributed by atoms with van der Waals surface area (Å²) >= 11 is 25.0. The molecule has 4 aromatic rings. The van der Waals surface area contributed by atoms with Crippen molar-refractivity contribution in [2.75, 3.05) is 14.1 Å². The highest BCUT2D eigenvalue weighted by Crippen LogP contribution is 2.35. The topological polar surface area (TPSA) is 95.1 Å². The van der Waals surface area contributed by atoms with Gasteiger partial charge in [0.15, 0.2) is 12.5 Å². The number of rotatable bonds is 16. The molecular weight excluding hydrogens is 698 g/mol. The monoisotopic (exact) mass is 730 g/mol. The van der Waals surface area contributed by atoms with Crippen molar-refractivity contribution in [2.45, 2.75) is 37.5 Å². The van der Waals surface area contributed by atoms with Gasteiger partial charge >= 0.3 is 11.9 Å². The summed E-state index contributed by atoms with van der Waals surface area (Å²) in [6, 6.07) is 28.7. The van der Waals surface area contributed by atoms with E-state index >= 15 is 0 Å². The van der Waals surface area contributed by atoms with Gasteiger partial charge in [0.25, 0.3) is 0 Å². The minimum absolute atomic E-state index is 0.215. The molecule has 252 valence electrons. The summed E-state index contributed by atoms with van der Waals surface area (Å²) in [6.45, 7) is 0. The van der Waals surface area contributed by atoms with Crippen LogP contribution in [-0.4, -0.2) is 38.5 Å². The van der Waals surface area contributed by atoms with Gasteiger partial charge in [-0.2, -0.15) is 0 Å². The van der Waals surface area contributed by atoms with Crippen LogP contribution in [0.1, 0.15) is 36.2 Å². The van der Waals surface area contributed by atoms with Crippen molar-refractivity contribution in [3.63, 3.8) is 0 Å². The molecule has 0 radical (unpaired) electrons. The number of halogens is 4. The van der Waals surface area contributed by atoms with Gasteiger partial charge in [0.1, 0.15) is 23.7 Å². The lowest BCUT2D eigenvalue weighted by atomic mass is 10.1. The third kappa shape index (κ3) is 11.4. The first-order valence-corrected chi connectivity index (χ1v) is 16.4. The van der Waals surface area contributed by atoms with Gasteiger partial charge in [-0.3, -0.25) is 10.6 Å². The molecule has 0 aromatic heterocycles. The van der Waals surface area contributed by atoms with Gasteiger partial charge in [0, 0.05) is 47.2 Å². The summed E-state index contributed by atoms with van der Waals surface area (Å²) in [5.74, 6) is -0.755. The molecule has 4 aromatic carbocycles. The summed E-state index contributed by atoms with van der Waals surface area (Å²) in [6.07, 6.45) is -0.245. The summed E-state index contributed by atoms with van der Waals surface area (Å²) in [5, 5.41) is 7.62. The molecule has 0 bridgehead atoms. The minimum Gasteiger partial charge on any atom is -0.484 e. The molecule has 0 heterocycles. The molecule has 2 unspecified atom stereocenters. The molecule has 0 fully saturated rings. The maximum Gasteiger partial charge on any atom is 0.332 e. The lowest BCUT2D eigenvalue weighted by Crippen LogP contribution is -2.34. The maximum absolute atomic E-state index is 12.8. The van der Waals surface area contributed by atoms with E-state index in [1.165, 1.54) is 0 Å². The van der Waals surface area contributed by atoms with Crippen LogP contribution in [0.15, 0.2) is 109 Å². The van der Waals surface area contributed by atoms with Crippen molar-refractivity contribution >= 4 is 58.3 Å². The SMILES string of the molecule is CNC(C[C@@H](Oc1cc(Cl)ccc1Cl)c1ccccc1)OC(=O)/C=C/C(=O)OC(C[C@@H](Oc1cc(Cl)ccc1Cl)c1ccccc1)NC. The summed E-state index contributed by atoms with van der Waals surface area (Å²) in [7, 11) is 3.29. The molecule has 0 aliphatic rings. The van der Waals surface area contributed by atoms with Gasteiger partial charge in [-0.05, 0) is 49.5 Å². The first-order valence-electron chi connectivity index (χ1n) is 14.9. The summed E-state index contributed by atoms with van der Waals surface area (Å²) in [4.78, 5) is 25.6. The molecule has 48 heavy (non-hydrogen) atoms. The van der Waals surface area contributed by atoms with Crippen molar-refractivity contribution < 1.29 is 28.5 Å². The Morgan fingerprint density at radius 2 is 0.979 bits per heavy atom. The Kier molecular flexibility index (Phi) is 14.4. The molecule has 0 saturated carbocycles. The number of hydrogen-bond acceptors (Lipinski definition) is 8. The molecule has 4 rings (SSSR count). The Morgan fingerprint density at radius 3 is 1.33 bits per heavy atom. The Balaban J connectivity index is 1.39. The number of esters is 2. The van der Waals surface area contributed by atoms with Crippen molar-refractivity contribution in [1.29, 1.82) is 0 Å². The molecule has 2 N–H and O–H groups in total. The van der Waals surface area contributed by atoms with Crippen LogP contribution in [0.3, 0.4) is 0 Å². The second kappa shape index (κ2) is 18.7. The van der Waals surface area contributed by atoms with Crippen LogP contribution in [0.4, 0.5) is 0 Å². The van der Waals surface area contributed by atoms with E-state index in [2.05, 4.69) is 10.6 Å². The molecule has 0 saturated heterocycles. The van der Waals surface area contributed by atoms with E-state index in [-0.39, 0.29) is 12.8 Å². The molecule has 0 aliphatic carbocycles. The van der Waals surface area contributed by atoms with Crippen molar-refractivity contribution in [1.82, 2.24) is 10.6 Å². The maximum atomic E-state index is 12.8. The third-order valence-electron chi connectivity index (χ3n) is 7.04. The molecule has 4 atom stereocenters. The number of hydrogen-bond donors (Lipinski definition) is 2. The van der Waals surface area contributed by atoms with Gasteiger partial charge < -0.3 is 18.9 Å². The lowest BCUT2D eigenvalue weighted by Gasteiger charge is -2.25. The fourth-order valence-electron chi connectivity index (χ4n) is 4.62. The molecular formula is C36H34Cl4N2O6. The number of carbonyl (C=O) groups is 2. The van der Waals surface area contributed by atoms with E-state index in [1.54, 1.807) is 50.5 Å². The largest absolute Gasteiger partial charge is 0.484 e. The zero-order valence-corrected chi connectivity index (χ0v) is 29.1. The van der Waals surface area contributed by atoms with Crippen LogP contribution in [0.25, 0.3) is 0 Å². The smallest absolute Gasteiger partial charge is 0.332 e. The van der Waals surface area contributed by atoms with Crippen LogP contribution < -0.4 is 20.1 Å². The second-order valence-corrected chi connectivity index (χ2v) is 12.1. The highest BCUT2D eigenvalue weighted by Gasteiger charge is 2.24. The number of ether oxygens (including phenoxy) is 4. The Bertz CT molecular complexity index is 1550. The average Bonchev–Trinajstić information content (AvgIpc) is 3.09. The highest BCUT2D eigenvalue weighted by atomic mass is 35.5. The standard InChI is InChI=1S/C36H34Cl4N2O6/c1-41-33(21-29(23-9-5-3-6-10-23)45-31-19-25(37)13-15-27(31)39)47-35(43)17-18-36(44)48-34(42-2)22-30(24-11-7-4-8-12-24)46-32-20-26(38)14-16-28(32)40/h3-20,29-30,33-34,41-42H,21-22H2,1-2H3/b18-17+/t29-,30-,33?,34?/m1/s1. The van der Waals surface area contributed by atoms with Crippen LogP contribution in [-0.2, 0) is 19.1 Å². The second-order valence-electron chi connectivity index (χ2n) is 10.4. The van der Waals surface area contributed by atoms with Gasteiger partial charge in [0.05, 0.1) is 10.0 Å². The average molecular weight is 732 g/mol. The first kappa shape index (κ1) is 37.1. The van der Waals surface area contributed by atoms with Crippen LogP contribution in [0, 0.1) is 0 Å². The Morgan fingerprint density at radius 1 is 0.604 bits per heavy atom. The van der Waals surface area contributed by atoms with Gasteiger partial charge in [-0.15, -0.1) is 0 Å². The van der Waals surface area contributed by atoms with Gasteiger partial charge in [-0.25, -0.2) is 9.59 Å². The summed E-state index contributed by atoms with van der Waals surface area (Å²) in [5.41, 5.74) is 1.66. The van der Waals surface area contributed by atoms with Crippen LogP contribution in [0.2, 0.25) is 20.1 Å². The predicted octanol–water partition coefficient (Wildman–Crippen LogP) is 8.75. The highest BCUT2D eigenvalue weighted by molar-refractivity contribution is 6.34.